The monoisotopic (exact) mass is 271 g/mol. The number of aliphatic hydroxyl groups is 1. The van der Waals surface area contributed by atoms with Gasteiger partial charge in [0.15, 0.2) is 0 Å². The third-order valence-corrected chi connectivity index (χ3v) is 3.68. The van der Waals surface area contributed by atoms with Crippen LogP contribution < -0.4 is 5.73 Å². The first-order valence-corrected chi connectivity index (χ1v) is 6.23. The first kappa shape index (κ1) is 12.4. The minimum absolute atomic E-state index is 0.380. The maximum Gasteiger partial charge on any atom is 0.123 e. The van der Waals surface area contributed by atoms with E-state index in [-0.39, 0.29) is 0 Å². The van der Waals surface area contributed by atoms with Crippen molar-refractivity contribution in [2.24, 2.45) is 0 Å². The summed E-state index contributed by atoms with van der Waals surface area (Å²) in [6.45, 7) is 0. The van der Waals surface area contributed by atoms with E-state index in [9.17, 15) is 9.50 Å². The van der Waals surface area contributed by atoms with Crippen molar-refractivity contribution in [1.82, 2.24) is 0 Å². The number of rotatable bonds is 3. The van der Waals surface area contributed by atoms with Crippen molar-refractivity contribution in [3.8, 4) is 0 Å². The number of thiophene rings is 1. The molecule has 0 radical (unpaired) electrons. The number of nitrogen functional groups attached to an aromatic ring is 1. The Bertz CT molecular complexity index is 529. The Hall–Kier alpha value is -1.10. The molecular weight excluding hydrogens is 261 g/mol. The normalized spacial score (nSPS) is 12.6. The van der Waals surface area contributed by atoms with Crippen LogP contribution in [0.4, 0.5) is 10.1 Å². The molecule has 1 unspecified atom stereocenters. The quantitative estimate of drug-likeness (QED) is 0.841. The van der Waals surface area contributed by atoms with E-state index in [1.165, 1.54) is 29.5 Å². The average molecular weight is 272 g/mol. The van der Waals surface area contributed by atoms with Crippen molar-refractivity contribution < 1.29 is 9.50 Å². The highest BCUT2D eigenvalue weighted by molar-refractivity contribution is 7.16. The zero-order chi connectivity index (χ0) is 12.4. The maximum absolute atomic E-state index is 13.1. The fraction of sp³-hybridized carbons (Fsp3) is 0.167. The molecule has 90 valence electrons. The number of hydrogen-bond acceptors (Lipinski definition) is 3. The van der Waals surface area contributed by atoms with Crippen LogP contribution in [0.5, 0.6) is 0 Å². The second-order valence-corrected chi connectivity index (χ2v) is 5.50. The van der Waals surface area contributed by atoms with Gasteiger partial charge in [0.25, 0.3) is 0 Å². The van der Waals surface area contributed by atoms with Gasteiger partial charge in [-0.15, -0.1) is 11.3 Å². The van der Waals surface area contributed by atoms with E-state index < -0.39 is 11.9 Å². The van der Waals surface area contributed by atoms with E-state index in [0.29, 0.717) is 22.0 Å². The highest BCUT2D eigenvalue weighted by Gasteiger charge is 2.14. The summed E-state index contributed by atoms with van der Waals surface area (Å²) >= 11 is 7.19. The van der Waals surface area contributed by atoms with Gasteiger partial charge in [0.2, 0.25) is 0 Å². The van der Waals surface area contributed by atoms with Gasteiger partial charge in [-0.3, -0.25) is 0 Å². The lowest BCUT2D eigenvalue weighted by Gasteiger charge is -2.12. The molecule has 17 heavy (non-hydrogen) atoms. The number of aliphatic hydroxyl groups excluding tert-OH is 1. The number of anilines is 1. The summed E-state index contributed by atoms with van der Waals surface area (Å²) in [5, 5.41) is 10.0. The second-order valence-electron chi connectivity index (χ2n) is 3.70. The molecule has 2 aromatic rings. The fourth-order valence-electron chi connectivity index (χ4n) is 1.60. The summed E-state index contributed by atoms with van der Waals surface area (Å²) in [4.78, 5) is 0.936. The molecule has 2 nitrogen and oxygen atoms in total. The van der Waals surface area contributed by atoms with Gasteiger partial charge >= 0.3 is 0 Å². The number of halogens is 2. The Morgan fingerprint density at radius 2 is 2.12 bits per heavy atom. The van der Waals surface area contributed by atoms with Crippen LogP contribution in [0, 0.1) is 5.82 Å². The summed E-state index contributed by atoms with van der Waals surface area (Å²) in [6, 6.07) is 7.59. The Morgan fingerprint density at radius 3 is 2.76 bits per heavy atom. The lowest BCUT2D eigenvalue weighted by Crippen LogP contribution is -2.05. The summed E-state index contributed by atoms with van der Waals surface area (Å²) in [5.41, 5.74) is 6.50. The van der Waals surface area contributed by atoms with Gasteiger partial charge in [-0.25, -0.2) is 4.39 Å². The highest BCUT2D eigenvalue weighted by atomic mass is 35.5. The predicted molar refractivity (Wildman–Crippen MR) is 68.8 cm³/mol. The predicted octanol–water partition coefficient (Wildman–Crippen LogP) is 3.40. The van der Waals surface area contributed by atoms with Crippen molar-refractivity contribution in [2.45, 2.75) is 12.5 Å². The van der Waals surface area contributed by atoms with E-state index in [4.69, 9.17) is 17.3 Å². The molecular formula is C12H11ClFNOS. The van der Waals surface area contributed by atoms with Crippen LogP contribution in [0.3, 0.4) is 0 Å². The van der Waals surface area contributed by atoms with Crippen LogP contribution in [-0.4, -0.2) is 5.11 Å². The summed E-state index contributed by atoms with van der Waals surface area (Å²) in [5.74, 6) is -0.405. The Balaban J connectivity index is 2.19. The van der Waals surface area contributed by atoms with Crippen molar-refractivity contribution in [3.05, 3.63) is 50.9 Å². The number of nitrogens with two attached hydrogens (primary N) is 1. The molecule has 0 spiro atoms. The van der Waals surface area contributed by atoms with E-state index in [0.717, 1.165) is 4.88 Å². The van der Waals surface area contributed by atoms with Crippen LogP contribution >= 0.6 is 22.9 Å². The SMILES string of the molecule is Nc1ccc(F)cc1C(O)Cc1ccc(Cl)s1. The van der Waals surface area contributed by atoms with E-state index in [2.05, 4.69) is 0 Å². The van der Waals surface area contributed by atoms with Crippen molar-refractivity contribution in [1.29, 1.82) is 0 Å². The molecule has 1 heterocycles. The maximum atomic E-state index is 13.1. The molecule has 1 aromatic heterocycles. The molecule has 0 amide bonds. The second kappa shape index (κ2) is 5.04. The Morgan fingerprint density at radius 1 is 1.35 bits per heavy atom. The van der Waals surface area contributed by atoms with Crippen LogP contribution in [0.1, 0.15) is 16.5 Å². The highest BCUT2D eigenvalue weighted by Crippen LogP contribution is 2.29. The van der Waals surface area contributed by atoms with Gasteiger partial charge in [-0.2, -0.15) is 0 Å². The summed E-state index contributed by atoms with van der Waals surface area (Å²) in [7, 11) is 0. The number of benzene rings is 1. The van der Waals surface area contributed by atoms with Gasteiger partial charge in [0.1, 0.15) is 5.82 Å². The Labute approximate surface area is 107 Å². The smallest absolute Gasteiger partial charge is 0.123 e. The van der Waals surface area contributed by atoms with Crippen LogP contribution in [0.25, 0.3) is 0 Å². The molecule has 1 aromatic carbocycles. The minimum atomic E-state index is -0.819. The molecule has 0 aliphatic rings. The molecule has 0 aliphatic carbocycles. The molecule has 0 saturated heterocycles. The first-order chi connectivity index (χ1) is 8.06. The van der Waals surface area contributed by atoms with E-state index >= 15 is 0 Å². The molecule has 0 fully saturated rings. The molecule has 0 aliphatic heterocycles. The van der Waals surface area contributed by atoms with Crippen LogP contribution in [0.15, 0.2) is 30.3 Å². The van der Waals surface area contributed by atoms with Crippen LogP contribution in [-0.2, 0) is 6.42 Å². The van der Waals surface area contributed by atoms with Gasteiger partial charge in [-0.05, 0) is 30.3 Å². The van der Waals surface area contributed by atoms with E-state index in [1.54, 1.807) is 6.07 Å². The molecule has 2 rings (SSSR count). The Kier molecular flexibility index (Phi) is 3.66. The standard InChI is InChI=1S/C12H11ClFNOS/c13-12-4-2-8(17-12)6-11(16)9-5-7(14)1-3-10(9)15/h1-5,11,16H,6,15H2. The third kappa shape index (κ3) is 2.97. The zero-order valence-corrected chi connectivity index (χ0v) is 10.4. The van der Waals surface area contributed by atoms with Gasteiger partial charge in [0, 0.05) is 22.5 Å². The molecule has 3 N–H and O–H groups in total. The minimum Gasteiger partial charge on any atom is -0.398 e. The van der Waals surface area contributed by atoms with E-state index in [1.807, 2.05) is 6.07 Å². The number of hydrogen-bond donors (Lipinski definition) is 2. The molecule has 0 bridgehead atoms. The van der Waals surface area contributed by atoms with Gasteiger partial charge < -0.3 is 10.8 Å². The lowest BCUT2D eigenvalue weighted by molar-refractivity contribution is 0.180. The van der Waals surface area contributed by atoms with Crippen molar-refractivity contribution in [2.75, 3.05) is 5.73 Å². The van der Waals surface area contributed by atoms with Crippen molar-refractivity contribution >= 4 is 28.6 Å². The van der Waals surface area contributed by atoms with Crippen molar-refractivity contribution in [3.63, 3.8) is 0 Å². The largest absolute Gasteiger partial charge is 0.398 e. The third-order valence-electron chi connectivity index (χ3n) is 2.43. The molecule has 0 saturated carbocycles. The average Bonchev–Trinajstić information content (AvgIpc) is 2.67. The first-order valence-electron chi connectivity index (χ1n) is 5.03. The van der Waals surface area contributed by atoms with Gasteiger partial charge in [0.05, 0.1) is 10.4 Å². The topological polar surface area (TPSA) is 46.2 Å². The zero-order valence-electron chi connectivity index (χ0n) is 8.86. The molecule has 1 atom stereocenters. The summed E-state index contributed by atoms with van der Waals surface area (Å²) in [6.07, 6.45) is -0.439. The fourth-order valence-corrected chi connectivity index (χ4v) is 2.72. The lowest BCUT2D eigenvalue weighted by atomic mass is 10.0. The molecule has 5 heteroatoms. The van der Waals surface area contributed by atoms with Crippen LogP contribution in [0.2, 0.25) is 4.34 Å². The summed E-state index contributed by atoms with van der Waals surface area (Å²) < 4.78 is 13.7. The van der Waals surface area contributed by atoms with Gasteiger partial charge in [-0.1, -0.05) is 11.6 Å².